The fraction of sp³-hybridized carbons (Fsp3) is 0.533. The molecule has 0 spiro atoms. The molecule has 1 aromatic rings. The molecule has 0 bridgehead atoms. The summed E-state index contributed by atoms with van der Waals surface area (Å²) in [5, 5.41) is 8.16. The number of nitrogens with two attached hydrogens (primary N) is 1. The molecule has 1 saturated carbocycles. The summed E-state index contributed by atoms with van der Waals surface area (Å²) in [7, 11) is -3.73. The molecule has 0 radical (unpaired) electrons. The van der Waals surface area contributed by atoms with Crippen LogP contribution in [0.15, 0.2) is 17.0 Å². The number of benzene rings is 1. The molecule has 1 amide bonds. The topological polar surface area (TPSA) is 89.3 Å². The minimum atomic E-state index is -3.73. The van der Waals surface area contributed by atoms with Gasteiger partial charge >= 0.3 is 0 Å². The van der Waals surface area contributed by atoms with Gasteiger partial charge in [-0.1, -0.05) is 19.8 Å². The zero-order valence-electron chi connectivity index (χ0n) is 12.5. The minimum absolute atomic E-state index is 0.0358. The lowest BCUT2D eigenvalue weighted by atomic mass is 10.0. The van der Waals surface area contributed by atoms with Crippen LogP contribution in [0.1, 0.15) is 43.7 Å². The summed E-state index contributed by atoms with van der Waals surface area (Å²) in [5.41, 5.74) is 2.25. The number of nitrogens with one attached hydrogen (secondary N) is 1. The number of sulfonamides is 1. The predicted molar refractivity (Wildman–Crippen MR) is 82.5 cm³/mol. The molecule has 1 aliphatic rings. The van der Waals surface area contributed by atoms with Crippen molar-refractivity contribution in [2.24, 2.45) is 11.1 Å². The van der Waals surface area contributed by atoms with Crippen LogP contribution >= 0.6 is 0 Å². The van der Waals surface area contributed by atoms with Gasteiger partial charge in [-0.05, 0) is 49.4 Å². The van der Waals surface area contributed by atoms with E-state index >= 15 is 0 Å². The summed E-state index contributed by atoms with van der Waals surface area (Å²) in [6, 6.07) is 3.06. The fourth-order valence-electron chi connectivity index (χ4n) is 2.86. The second-order valence-electron chi connectivity index (χ2n) is 5.64. The van der Waals surface area contributed by atoms with Gasteiger partial charge in [-0.15, -0.1) is 0 Å². The third-order valence-electron chi connectivity index (χ3n) is 4.07. The van der Waals surface area contributed by atoms with Crippen LogP contribution in [-0.2, 0) is 21.2 Å². The van der Waals surface area contributed by atoms with E-state index in [0.717, 1.165) is 42.5 Å². The molecule has 0 atom stereocenters. The van der Waals surface area contributed by atoms with Crippen LogP contribution in [0.25, 0.3) is 0 Å². The third kappa shape index (κ3) is 3.63. The Balaban J connectivity index is 2.32. The SMILES string of the molecule is CCc1cc(S(N)(=O)=O)cc(C)c1NC(=O)C1CCCC1. The molecule has 2 rings (SSSR count). The maximum atomic E-state index is 12.3. The van der Waals surface area contributed by atoms with Gasteiger partial charge in [-0.2, -0.15) is 0 Å². The van der Waals surface area contributed by atoms with Crippen molar-refractivity contribution in [3.05, 3.63) is 23.3 Å². The normalized spacial score (nSPS) is 16.1. The van der Waals surface area contributed by atoms with E-state index in [-0.39, 0.29) is 16.7 Å². The first-order chi connectivity index (χ1) is 9.82. The molecular formula is C15H22N2O3S. The zero-order chi connectivity index (χ0) is 15.6. The van der Waals surface area contributed by atoms with Gasteiger partial charge in [0.1, 0.15) is 0 Å². The number of aryl methyl sites for hydroxylation is 2. The summed E-state index contributed by atoms with van der Waals surface area (Å²) in [6.45, 7) is 3.71. The molecule has 0 aliphatic heterocycles. The number of hydrogen-bond acceptors (Lipinski definition) is 3. The Hall–Kier alpha value is -1.40. The van der Waals surface area contributed by atoms with Crippen LogP contribution in [0.4, 0.5) is 5.69 Å². The number of carbonyl (C=O) groups excluding carboxylic acids is 1. The summed E-state index contributed by atoms with van der Waals surface area (Å²) >= 11 is 0. The smallest absolute Gasteiger partial charge is 0.238 e. The minimum Gasteiger partial charge on any atom is -0.325 e. The van der Waals surface area contributed by atoms with Crippen molar-refractivity contribution in [3.8, 4) is 0 Å². The Morgan fingerprint density at radius 1 is 1.33 bits per heavy atom. The van der Waals surface area contributed by atoms with E-state index in [9.17, 15) is 13.2 Å². The van der Waals surface area contributed by atoms with Gasteiger partial charge in [0.2, 0.25) is 15.9 Å². The largest absolute Gasteiger partial charge is 0.325 e. The van der Waals surface area contributed by atoms with E-state index in [1.54, 1.807) is 13.0 Å². The van der Waals surface area contributed by atoms with Gasteiger partial charge < -0.3 is 5.32 Å². The van der Waals surface area contributed by atoms with Crippen molar-refractivity contribution < 1.29 is 13.2 Å². The van der Waals surface area contributed by atoms with Gasteiger partial charge in [0.15, 0.2) is 0 Å². The molecule has 116 valence electrons. The van der Waals surface area contributed by atoms with E-state index in [1.807, 2.05) is 6.92 Å². The number of rotatable bonds is 4. The van der Waals surface area contributed by atoms with Crippen molar-refractivity contribution in [2.75, 3.05) is 5.32 Å². The summed E-state index contributed by atoms with van der Waals surface area (Å²) in [5.74, 6) is 0.112. The molecule has 5 nitrogen and oxygen atoms in total. The van der Waals surface area contributed by atoms with Crippen LogP contribution < -0.4 is 10.5 Å². The molecule has 0 unspecified atom stereocenters. The molecule has 0 aromatic heterocycles. The molecule has 1 aromatic carbocycles. The van der Waals surface area contributed by atoms with E-state index in [1.165, 1.54) is 6.07 Å². The molecule has 1 fully saturated rings. The van der Waals surface area contributed by atoms with Crippen molar-refractivity contribution in [2.45, 2.75) is 50.8 Å². The van der Waals surface area contributed by atoms with E-state index < -0.39 is 10.0 Å². The number of amides is 1. The van der Waals surface area contributed by atoms with Gasteiger partial charge in [0.05, 0.1) is 4.90 Å². The van der Waals surface area contributed by atoms with Gasteiger partial charge in [-0.3, -0.25) is 4.79 Å². The fourth-order valence-corrected chi connectivity index (χ4v) is 3.51. The molecule has 1 aliphatic carbocycles. The number of primary sulfonamides is 1. The average molecular weight is 310 g/mol. The highest BCUT2D eigenvalue weighted by Crippen LogP contribution is 2.29. The van der Waals surface area contributed by atoms with Gasteiger partial charge in [0.25, 0.3) is 0 Å². The van der Waals surface area contributed by atoms with Crippen LogP contribution in [0.2, 0.25) is 0 Å². The molecule has 0 saturated heterocycles. The third-order valence-corrected chi connectivity index (χ3v) is 4.97. The van der Waals surface area contributed by atoms with Crippen LogP contribution in [0, 0.1) is 12.8 Å². The second-order valence-corrected chi connectivity index (χ2v) is 7.20. The summed E-state index contributed by atoms with van der Waals surface area (Å²) in [4.78, 5) is 12.4. The highest BCUT2D eigenvalue weighted by Gasteiger charge is 2.24. The van der Waals surface area contributed by atoms with Gasteiger partial charge in [-0.25, -0.2) is 13.6 Å². The lowest BCUT2D eigenvalue weighted by Gasteiger charge is -2.17. The number of carbonyl (C=O) groups is 1. The zero-order valence-corrected chi connectivity index (χ0v) is 13.3. The standard InChI is InChI=1S/C15H22N2O3S/c1-3-11-9-13(21(16,19)20)8-10(2)14(11)17-15(18)12-6-4-5-7-12/h8-9,12H,3-7H2,1-2H3,(H,17,18)(H2,16,19,20). The van der Waals surface area contributed by atoms with E-state index in [2.05, 4.69) is 5.32 Å². The monoisotopic (exact) mass is 310 g/mol. The van der Waals surface area contributed by atoms with Crippen molar-refractivity contribution in [1.82, 2.24) is 0 Å². The van der Waals surface area contributed by atoms with E-state index in [4.69, 9.17) is 5.14 Å². The van der Waals surface area contributed by atoms with Crippen molar-refractivity contribution in [3.63, 3.8) is 0 Å². The Kier molecular flexibility index (Phi) is 4.68. The lowest BCUT2D eigenvalue weighted by Crippen LogP contribution is -2.22. The molecule has 21 heavy (non-hydrogen) atoms. The number of anilines is 1. The Morgan fingerprint density at radius 3 is 2.48 bits per heavy atom. The lowest BCUT2D eigenvalue weighted by molar-refractivity contribution is -0.119. The first-order valence-electron chi connectivity index (χ1n) is 7.30. The average Bonchev–Trinajstić information content (AvgIpc) is 2.93. The molecule has 3 N–H and O–H groups in total. The first kappa shape index (κ1) is 16.0. The van der Waals surface area contributed by atoms with Crippen molar-refractivity contribution in [1.29, 1.82) is 0 Å². The highest BCUT2D eigenvalue weighted by atomic mass is 32.2. The first-order valence-corrected chi connectivity index (χ1v) is 8.84. The second kappa shape index (κ2) is 6.15. The van der Waals surface area contributed by atoms with Crippen molar-refractivity contribution >= 4 is 21.6 Å². The highest BCUT2D eigenvalue weighted by molar-refractivity contribution is 7.89. The summed E-state index contributed by atoms with van der Waals surface area (Å²) in [6.07, 6.45) is 4.69. The Morgan fingerprint density at radius 2 is 1.95 bits per heavy atom. The van der Waals surface area contributed by atoms with E-state index in [0.29, 0.717) is 6.42 Å². The molecular weight excluding hydrogens is 288 g/mol. The molecule has 0 heterocycles. The summed E-state index contributed by atoms with van der Waals surface area (Å²) < 4.78 is 23.0. The Labute approximate surface area is 126 Å². The van der Waals surface area contributed by atoms with Crippen LogP contribution in [0.5, 0.6) is 0 Å². The van der Waals surface area contributed by atoms with Gasteiger partial charge in [0, 0.05) is 11.6 Å². The maximum Gasteiger partial charge on any atom is 0.238 e. The van der Waals surface area contributed by atoms with Crippen LogP contribution in [0.3, 0.4) is 0 Å². The molecule has 6 heteroatoms. The number of hydrogen-bond donors (Lipinski definition) is 2. The quantitative estimate of drug-likeness (QED) is 0.894. The van der Waals surface area contributed by atoms with Crippen LogP contribution in [-0.4, -0.2) is 14.3 Å². The predicted octanol–water partition coefficient (Wildman–Crippen LogP) is 2.33. The maximum absolute atomic E-state index is 12.3. The Bertz CT molecular complexity index is 647.